The van der Waals surface area contributed by atoms with Gasteiger partial charge in [0.2, 0.25) is 0 Å². The number of rotatable bonds is 6. The van der Waals surface area contributed by atoms with E-state index in [1.165, 1.54) is 9.54 Å². The molecule has 1 aromatic heterocycles. The second-order valence-corrected chi connectivity index (χ2v) is 9.13. The Bertz CT molecular complexity index is 1050. The molecule has 0 aliphatic carbocycles. The summed E-state index contributed by atoms with van der Waals surface area (Å²) in [6, 6.07) is 15.1. The third kappa shape index (κ3) is 3.54. The summed E-state index contributed by atoms with van der Waals surface area (Å²) in [6.45, 7) is 5.90. The van der Waals surface area contributed by atoms with E-state index in [1.807, 2.05) is 30.3 Å². The fourth-order valence-electron chi connectivity index (χ4n) is 3.84. The van der Waals surface area contributed by atoms with E-state index in [9.17, 15) is 8.42 Å². The van der Waals surface area contributed by atoms with Crippen molar-refractivity contribution in [1.29, 1.82) is 0 Å². The standard InChI is InChI=1S/C22H27N3O2S/c1-2-3-5-18-8-10-19(11-9-18)28(26,27)25-15-12-20-21(6-4-7-22(20)25)24-16-13-23-14-17-24/h4,6-12,15,23H,2-3,5,13-14,16-17H2,1H3. The minimum Gasteiger partial charge on any atom is -0.368 e. The van der Waals surface area contributed by atoms with Crippen molar-refractivity contribution in [3.05, 3.63) is 60.3 Å². The van der Waals surface area contributed by atoms with Crippen molar-refractivity contribution in [2.75, 3.05) is 31.1 Å². The Morgan fingerprint density at radius 2 is 1.75 bits per heavy atom. The van der Waals surface area contributed by atoms with Gasteiger partial charge in [0, 0.05) is 43.4 Å². The Balaban J connectivity index is 1.70. The molecule has 6 heteroatoms. The number of nitrogens with one attached hydrogen (secondary N) is 1. The topological polar surface area (TPSA) is 54.3 Å². The molecule has 1 saturated heterocycles. The number of piperazine rings is 1. The van der Waals surface area contributed by atoms with E-state index < -0.39 is 10.0 Å². The normalized spacial score (nSPS) is 15.2. The summed E-state index contributed by atoms with van der Waals surface area (Å²) in [4.78, 5) is 2.65. The lowest BCUT2D eigenvalue weighted by atomic mass is 10.1. The average molecular weight is 398 g/mol. The minimum atomic E-state index is -3.62. The summed E-state index contributed by atoms with van der Waals surface area (Å²) in [5, 5.41) is 4.34. The first-order valence-electron chi connectivity index (χ1n) is 10.0. The van der Waals surface area contributed by atoms with Crippen LogP contribution in [-0.4, -0.2) is 38.6 Å². The van der Waals surface area contributed by atoms with Crippen LogP contribution < -0.4 is 10.2 Å². The molecular weight excluding hydrogens is 370 g/mol. The molecule has 0 radical (unpaired) electrons. The van der Waals surface area contributed by atoms with Crippen molar-refractivity contribution in [1.82, 2.24) is 9.29 Å². The van der Waals surface area contributed by atoms with Crippen LogP contribution in [0.25, 0.3) is 10.9 Å². The molecular formula is C22H27N3O2S. The highest BCUT2D eigenvalue weighted by atomic mass is 32.2. The Kier molecular flexibility index (Phi) is 5.42. The molecule has 0 atom stereocenters. The smallest absolute Gasteiger partial charge is 0.268 e. The SMILES string of the molecule is CCCCc1ccc(S(=O)(=O)n2ccc3c(N4CCNCC4)cccc32)cc1. The number of fused-ring (bicyclic) bond motifs is 1. The summed E-state index contributed by atoms with van der Waals surface area (Å²) >= 11 is 0. The Morgan fingerprint density at radius 3 is 2.46 bits per heavy atom. The van der Waals surface area contributed by atoms with Gasteiger partial charge in [-0.05, 0) is 48.7 Å². The van der Waals surface area contributed by atoms with Gasteiger partial charge in [-0.3, -0.25) is 0 Å². The van der Waals surface area contributed by atoms with Crippen molar-refractivity contribution in [3.63, 3.8) is 0 Å². The molecule has 1 fully saturated rings. The van der Waals surface area contributed by atoms with E-state index in [0.29, 0.717) is 4.90 Å². The van der Waals surface area contributed by atoms with Crippen LogP contribution >= 0.6 is 0 Å². The molecule has 2 heterocycles. The summed E-state index contributed by atoms with van der Waals surface area (Å²) < 4.78 is 27.9. The Hall–Kier alpha value is -2.31. The minimum absolute atomic E-state index is 0.331. The predicted octanol–water partition coefficient (Wildman–Crippen LogP) is 3.63. The molecule has 0 amide bonds. The zero-order valence-corrected chi connectivity index (χ0v) is 17.1. The Morgan fingerprint density at radius 1 is 1.00 bits per heavy atom. The van der Waals surface area contributed by atoms with E-state index in [1.54, 1.807) is 18.3 Å². The molecule has 148 valence electrons. The van der Waals surface area contributed by atoms with Crippen LogP contribution in [0, 0.1) is 0 Å². The highest BCUT2D eigenvalue weighted by Gasteiger charge is 2.21. The fraction of sp³-hybridized carbons (Fsp3) is 0.364. The molecule has 28 heavy (non-hydrogen) atoms. The molecule has 4 rings (SSSR count). The van der Waals surface area contributed by atoms with Crippen molar-refractivity contribution in [2.45, 2.75) is 31.1 Å². The fourth-order valence-corrected chi connectivity index (χ4v) is 5.19. The number of benzene rings is 2. The van der Waals surface area contributed by atoms with Gasteiger partial charge in [0.05, 0.1) is 10.4 Å². The second kappa shape index (κ2) is 7.97. The van der Waals surface area contributed by atoms with E-state index >= 15 is 0 Å². The summed E-state index contributed by atoms with van der Waals surface area (Å²) in [7, 11) is -3.62. The van der Waals surface area contributed by atoms with Gasteiger partial charge in [-0.15, -0.1) is 0 Å². The maximum absolute atomic E-state index is 13.3. The van der Waals surface area contributed by atoms with Gasteiger partial charge in [-0.2, -0.15) is 0 Å². The molecule has 5 nitrogen and oxygen atoms in total. The van der Waals surface area contributed by atoms with Gasteiger partial charge in [0.25, 0.3) is 10.0 Å². The van der Waals surface area contributed by atoms with Crippen molar-refractivity contribution < 1.29 is 8.42 Å². The quantitative estimate of drug-likeness (QED) is 0.690. The predicted molar refractivity (Wildman–Crippen MR) is 115 cm³/mol. The third-order valence-corrected chi connectivity index (χ3v) is 7.14. The largest absolute Gasteiger partial charge is 0.368 e. The molecule has 0 unspecified atom stereocenters. The number of aryl methyl sites for hydroxylation is 1. The average Bonchev–Trinajstić information content (AvgIpc) is 3.18. The lowest BCUT2D eigenvalue weighted by Gasteiger charge is -2.30. The molecule has 1 aliphatic heterocycles. The van der Waals surface area contributed by atoms with Crippen LogP contribution in [0.4, 0.5) is 5.69 Å². The molecule has 3 aromatic rings. The first kappa shape index (κ1) is 19.0. The maximum atomic E-state index is 13.3. The highest BCUT2D eigenvalue weighted by molar-refractivity contribution is 7.90. The third-order valence-electron chi connectivity index (χ3n) is 5.43. The second-order valence-electron chi connectivity index (χ2n) is 7.31. The molecule has 1 N–H and O–H groups in total. The van der Waals surface area contributed by atoms with E-state index in [2.05, 4.69) is 23.2 Å². The van der Waals surface area contributed by atoms with Gasteiger partial charge in [0.15, 0.2) is 0 Å². The zero-order valence-electron chi connectivity index (χ0n) is 16.3. The lowest BCUT2D eigenvalue weighted by Crippen LogP contribution is -2.43. The van der Waals surface area contributed by atoms with Crippen LogP contribution in [-0.2, 0) is 16.4 Å². The van der Waals surface area contributed by atoms with Crippen molar-refractivity contribution in [3.8, 4) is 0 Å². The van der Waals surface area contributed by atoms with Gasteiger partial charge in [-0.25, -0.2) is 12.4 Å². The Labute approximate surface area is 167 Å². The van der Waals surface area contributed by atoms with Crippen molar-refractivity contribution >= 4 is 26.6 Å². The lowest BCUT2D eigenvalue weighted by molar-refractivity contribution is 0.588. The highest BCUT2D eigenvalue weighted by Crippen LogP contribution is 2.30. The van der Waals surface area contributed by atoms with Crippen LogP contribution in [0.2, 0.25) is 0 Å². The summed E-state index contributed by atoms with van der Waals surface area (Å²) in [5.41, 5.74) is 3.01. The van der Waals surface area contributed by atoms with E-state index in [0.717, 1.165) is 62.0 Å². The van der Waals surface area contributed by atoms with E-state index in [4.69, 9.17) is 0 Å². The van der Waals surface area contributed by atoms with Gasteiger partial charge >= 0.3 is 0 Å². The molecule has 0 spiro atoms. The number of anilines is 1. The summed E-state index contributed by atoms with van der Waals surface area (Å²) in [5.74, 6) is 0. The number of hydrogen-bond acceptors (Lipinski definition) is 4. The number of unbranched alkanes of at least 4 members (excludes halogenated alkanes) is 1. The first-order valence-corrected chi connectivity index (χ1v) is 11.5. The van der Waals surface area contributed by atoms with E-state index in [-0.39, 0.29) is 0 Å². The number of hydrogen-bond donors (Lipinski definition) is 1. The van der Waals surface area contributed by atoms with Crippen LogP contribution in [0.3, 0.4) is 0 Å². The monoisotopic (exact) mass is 397 g/mol. The van der Waals surface area contributed by atoms with Crippen molar-refractivity contribution in [2.24, 2.45) is 0 Å². The molecule has 1 aliphatic rings. The number of nitrogens with zero attached hydrogens (tertiary/aromatic N) is 2. The van der Waals surface area contributed by atoms with Gasteiger partial charge in [0.1, 0.15) is 0 Å². The van der Waals surface area contributed by atoms with Gasteiger partial charge in [-0.1, -0.05) is 31.5 Å². The van der Waals surface area contributed by atoms with Crippen LogP contribution in [0.5, 0.6) is 0 Å². The molecule has 2 aromatic carbocycles. The zero-order chi connectivity index (χ0) is 19.6. The number of aromatic nitrogens is 1. The molecule has 0 bridgehead atoms. The van der Waals surface area contributed by atoms with Crippen LogP contribution in [0.1, 0.15) is 25.3 Å². The van der Waals surface area contributed by atoms with Crippen LogP contribution in [0.15, 0.2) is 59.6 Å². The first-order chi connectivity index (χ1) is 13.6. The maximum Gasteiger partial charge on any atom is 0.268 e. The summed E-state index contributed by atoms with van der Waals surface area (Å²) in [6.07, 6.45) is 4.90. The van der Waals surface area contributed by atoms with Gasteiger partial charge < -0.3 is 10.2 Å². The molecule has 0 saturated carbocycles.